The smallest absolute Gasteiger partial charge is 0.353 e. The molecule has 1 fully saturated rings. The summed E-state index contributed by atoms with van der Waals surface area (Å²) in [5, 5.41) is 0. The van der Waals surface area contributed by atoms with Crippen LogP contribution in [0.2, 0.25) is 0 Å². The van der Waals surface area contributed by atoms with Crippen LogP contribution < -0.4 is 14.5 Å². The summed E-state index contributed by atoms with van der Waals surface area (Å²) in [5.41, 5.74) is -2.60. The highest BCUT2D eigenvalue weighted by Gasteiger charge is 2.36. The number of benzene rings is 1. The van der Waals surface area contributed by atoms with Crippen molar-refractivity contribution < 1.29 is 30.8 Å². The number of hydrogen-bond acceptors (Lipinski definition) is 7. The lowest BCUT2D eigenvalue weighted by molar-refractivity contribution is -0.138. The van der Waals surface area contributed by atoms with E-state index >= 15 is 0 Å². The molecule has 1 N–H and O–H groups in total. The molecular weight excluding hydrogens is 490 g/mol. The predicted octanol–water partition coefficient (Wildman–Crippen LogP) is 3.08. The normalized spacial score (nSPS) is 14.6. The van der Waals surface area contributed by atoms with Crippen LogP contribution in [0, 0.1) is 5.82 Å². The molecule has 4 rings (SSSR count). The van der Waals surface area contributed by atoms with Crippen LogP contribution in [0.3, 0.4) is 0 Å². The fraction of sp³-hybridized carbons (Fsp3) is 0.227. The molecule has 1 amide bonds. The van der Waals surface area contributed by atoms with Crippen molar-refractivity contribution in [3.05, 3.63) is 77.9 Å². The van der Waals surface area contributed by atoms with Crippen molar-refractivity contribution in [2.45, 2.75) is 11.1 Å². The van der Waals surface area contributed by atoms with Crippen LogP contribution in [0.25, 0.3) is 0 Å². The third kappa shape index (κ3) is 5.50. The van der Waals surface area contributed by atoms with Gasteiger partial charge in [0.05, 0.1) is 11.1 Å². The number of amides is 1. The lowest BCUT2D eigenvalue weighted by Crippen LogP contribution is -2.47. The summed E-state index contributed by atoms with van der Waals surface area (Å²) in [6.45, 7) is 2.57. The number of pyridine rings is 2. The van der Waals surface area contributed by atoms with E-state index in [0.717, 1.165) is 12.0 Å². The summed E-state index contributed by atoms with van der Waals surface area (Å²) in [6.07, 6.45) is -2.32. The third-order valence-corrected chi connectivity index (χ3v) is 6.68. The van der Waals surface area contributed by atoms with Crippen LogP contribution in [0.15, 0.2) is 65.8 Å². The van der Waals surface area contributed by atoms with Gasteiger partial charge in [0.15, 0.2) is 0 Å². The molecule has 3 aromatic rings. The number of nitrogens with zero attached hydrogens (tertiary/aromatic N) is 4. The van der Waals surface area contributed by atoms with Gasteiger partial charge in [-0.05, 0) is 42.5 Å². The molecule has 0 aliphatic carbocycles. The zero-order valence-electron chi connectivity index (χ0n) is 18.0. The molecule has 0 atom stereocenters. The van der Waals surface area contributed by atoms with Crippen LogP contribution in [0.1, 0.15) is 15.9 Å². The van der Waals surface area contributed by atoms with Crippen molar-refractivity contribution >= 4 is 27.6 Å². The largest absolute Gasteiger partial charge is 0.417 e. The Kier molecular flexibility index (Phi) is 6.61. The van der Waals surface area contributed by atoms with Gasteiger partial charge in [-0.25, -0.2) is 27.5 Å². The maximum Gasteiger partial charge on any atom is 0.417 e. The highest BCUT2D eigenvalue weighted by molar-refractivity contribution is 7.90. The lowest BCUT2D eigenvalue weighted by atomic mass is 10.1. The first-order chi connectivity index (χ1) is 16.5. The van der Waals surface area contributed by atoms with Crippen LogP contribution >= 0.6 is 0 Å². The first kappa shape index (κ1) is 24.4. The second-order valence-electron chi connectivity index (χ2n) is 7.64. The fourth-order valence-corrected chi connectivity index (χ4v) is 4.52. The third-order valence-electron chi connectivity index (χ3n) is 5.37. The summed E-state index contributed by atoms with van der Waals surface area (Å²) < 4.78 is 79.5. The van der Waals surface area contributed by atoms with Crippen molar-refractivity contribution in [3.8, 4) is 0 Å². The number of aromatic nitrogens is 2. The number of halogens is 4. The molecule has 35 heavy (non-hydrogen) atoms. The number of anilines is 2. The lowest BCUT2D eigenvalue weighted by Gasteiger charge is -2.36. The molecule has 0 bridgehead atoms. The molecule has 184 valence electrons. The molecule has 0 spiro atoms. The fourth-order valence-electron chi connectivity index (χ4n) is 3.61. The molecular formula is C22H19F4N5O3S. The Balaban J connectivity index is 1.44. The van der Waals surface area contributed by atoms with Gasteiger partial charge < -0.3 is 9.80 Å². The summed E-state index contributed by atoms with van der Waals surface area (Å²) in [7, 11) is -4.53. The predicted molar refractivity (Wildman–Crippen MR) is 119 cm³/mol. The first-order valence-electron chi connectivity index (χ1n) is 10.4. The van der Waals surface area contributed by atoms with Crippen molar-refractivity contribution in [2.75, 3.05) is 36.0 Å². The van der Waals surface area contributed by atoms with Gasteiger partial charge in [0.25, 0.3) is 15.9 Å². The monoisotopic (exact) mass is 509 g/mol. The topological polar surface area (TPSA) is 95.5 Å². The number of carbonyl (C=O) groups excluding carboxylic acids is 1. The molecule has 1 aliphatic rings. The Labute approximate surface area is 198 Å². The summed E-state index contributed by atoms with van der Waals surface area (Å²) in [5.74, 6) is -1.38. The molecule has 13 heteroatoms. The van der Waals surface area contributed by atoms with Crippen molar-refractivity contribution in [2.24, 2.45) is 0 Å². The highest BCUT2D eigenvalue weighted by atomic mass is 32.2. The quantitative estimate of drug-likeness (QED) is 0.528. The van der Waals surface area contributed by atoms with Gasteiger partial charge in [0.2, 0.25) is 0 Å². The van der Waals surface area contributed by atoms with E-state index in [-0.39, 0.29) is 6.07 Å². The van der Waals surface area contributed by atoms with Gasteiger partial charge in [-0.1, -0.05) is 6.07 Å². The minimum absolute atomic E-state index is 0.130. The number of sulfonamides is 1. The molecule has 0 unspecified atom stereocenters. The highest BCUT2D eigenvalue weighted by Crippen LogP contribution is 2.32. The van der Waals surface area contributed by atoms with Gasteiger partial charge in [0, 0.05) is 38.6 Å². The zero-order valence-corrected chi connectivity index (χ0v) is 18.9. The number of piperazine rings is 1. The van der Waals surface area contributed by atoms with Crippen molar-refractivity contribution in [1.82, 2.24) is 14.7 Å². The van der Waals surface area contributed by atoms with E-state index in [4.69, 9.17) is 0 Å². The van der Waals surface area contributed by atoms with Gasteiger partial charge in [-0.2, -0.15) is 13.2 Å². The number of alkyl halides is 3. The van der Waals surface area contributed by atoms with E-state index in [2.05, 4.69) is 14.9 Å². The Hall–Kier alpha value is -3.74. The Morgan fingerprint density at radius 1 is 0.914 bits per heavy atom. The van der Waals surface area contributed by atoms with Gasteiger partial charge in [0.1, 0.15) is 22.3 Å². The van der Waals surface area contributed by atoms with E-state index in [1.165, 1.54) is 12.1 Å². The summed E-state index contributed by atoms with van der Waals surface area (Å²) >= 11 is 0. The van der Waals surface area contributed by atoms with Gasteiger partial charge >= 0.3 is 6.18 Å². The van der Waals surface area contributed by atoms with E-state index in [1.54, 1.807) is 10.9 Å². The number of rotatable bonds is 5. The van der Waals surface area contributed by atoms with Gasteiger partial charge in [-0.3, -0.25) is 4.79 Å². The molecule has 1 aromatic carbocycles. The van der Waals surface area contributed by atoms with E-state index < -0.39 is 43.9 Å². The number of nitrogens with one attached hydrogen (secondary N) is 1. The zero-order chi connectivity index (χ0) is 25.2. The maximum absolute atomic E-state index is 13.3. The number of carbonyl (C=O) groups is 1. The Morgan fingerprint density at radius 3 is 2.11 bits per heavy atom. The molecule has 3 heterocycles. The van der Waals surface area contributed by atoms with Crippen LogP contribution in [-0.2, 0) is 16.2 Å². The first-order valence-corrected chi connectivity index (χ1v) is 11.8. The van der Waals surface area contributed by atoms with E-state index in [9.17, 15) is 30.8 Å². The second-order valence-corrected chi connectivity index (χ2v) is 9.32. The molecule has 2 aromatic heterocycles. The Morgan fingerprint density at radius 2 is 1.57 bits per heavy atom. The van der Waals surface area contributed by atoms with Crippen LogP contribution in [-0.4, -0.2) is 50.5 Å². The maximum atomic E-state index is 13.3. The molecule has 8 nitrogen and oxygen atoms in total. The number of hydrogen-bond donors (Lipinski definition) is 1. The summed E-state index contributed by atoms with van der Waals surface area (Å²) in [4.78, 5) is 24.4. The standard InChI is InChI=1S/C22H19F4N5O3S/c23-15-4-6-17(18(13-15)22(24,25)26)21(32)29-35(33,34)16-5-7-20(28-14-16)31-11-9-30(10-12-31)19-3-1-2-8-27-19/h1-8,13-14H,9-12H2,(H,29,32). The summed E-state index contributed by atoms with van der Waals surface area (Å²) in [6, 6.07) is 9.64. The SMILES string of the molecule is O=C(NS(=O)(=O)c1ccc(N2CCN(c3ccccn3)CC2)nc1)c1ccc(F)cc1C(F)(F)F. The Bertz CT molecular complexity index is 1310. The molecule has 0 saturated carbocycles. The minimum Gasteiger partial charge on any atom is -0.353 e. The van der Waals surface area contributed by atoms with Crippen LogP contribution in [0.4, 0.5) is 29.2 Å². The average Bonchev–Trinajstić information content (AvgIpc) is 2.84. The molecule has 0 radical (unpaired) electrons. The molecule has 1 saturated heterocycles. The van der Waals surface area contributed by atoms with Crippen molar-refractivity contribution in [1.29, 1.82) is 0 Å². The van der Waals surface area contributed by atoms with Crippen molar-refractivity contribution in [3.63, 3.8) is 0 Å². The van der Waals surface area contributed by atoms with E-state index in [1.807, 2.05) is 23.1 Å². The molecule has 1 aliphatic heterocycles. The van der Waals surface area contributed by atoms with Crippen LogP contribution in [0.5, 0.6) is 0 Å². The average molecular weight is 509 g/mol. The minimum atomic E-state index is -5.05. The second kappa shape index (κ2) is 9.49. The van der Waals surface area contributed by atoms with E-state index in [0.29, 0.717) is 44.1 Å². The van der Waals surface area contributed by atoms with Gasteiger partial charge in [-0.15, -0.1) is 0 Å².